The van der Waals surface area contributed by atoms with Gasteiger partial charge in [-0.2, -0.15) is 0 Å². The number of carbonyl (C=O) groups is 1. The van der Waals surface area contributed by atoms with Gasteiger partial charge in [0.1, 0.15) is 17.3 Å². The third-order valence-corrected chi connectivity index (χ3v) is 5.49. The number of amidine groups is 1. The van der Waals surface area contributed by atoms with Gasteiger partial charge in [-0.05, 0) is 45.4 Å². The normalized spacial score (nSPS) is 15.2. The van der Waals surface area contributed by atoms with Crippen molar-refractivity contribution in [3.63, 3.8) is 0 Å². The molecule has 0 radical (unpaired) electrons. The highest BCUT2D eigenvalue weighted by Crippen LogP contribution is 2.31. The summed E-state index contributed by atoms with van der Waals surface area (Å²) in [5.74, 6) is 0.402. The van der Waals surface area contributed by atoms with Gasteiger partial charge >= 0.3 is 6.09 Å². The summed E-state index contributed by atoms with van der Waals surface area (Å²) in [5.41, 5.74) is 1.90. The summed E-state index contributed by atoms with van der Waals surface area (Å²) in [5, 5.41) is 0.371. The quantitative estimate of drug-likeness (QED) is 0.476. The molecule has 32 heavy (non-hydrogen) atoms. The number of hydrogen-bond acceptors (Lipinski definition) is 4. The number of benzene rings is 1. The number of carbonyl (C=O) groups excluding carboxylic acids is 1. The van der Waals surface area contributed by atoms with Crippen LogP contribution in [0.5, 0.6) is 0 Å². The summed E-state index contributed by atoms with van der Waals surface area (Å²) >= 11 is 6.56. The van der Waals surface area contributed by atoms with Crippen LogP contribution in [0.2, 0.25) is 5.02 Å². The fraction of sp³-hybridized carbons (Fsp3) is 0.458. The minimum absolute atomic E-state index is 0.305. The molecule has 1 fully saturated rings. The maximum atomic E-state index is 14.3. The first kappa shape index (κ1) is 24.0. The molecule has 0 saturated carbocycles. The summed E-state index contributed by atoms with van der Waals surface area (Å²) in [7, 11) is 1.73. The van der Waals surface area contributed by atoms with Crippen molar-refractivity contribution in [2.45, 2.75) is 39.7 Å². The van der Waals surface area contributed by atoms with Crippen LogP contribution in [0.25, 0.3) is 11.3 Å². The maximum Gasteiger partial charge on any atom is 0.410 e. The number of aromatic nitrogens is 1. The first-order valence-electron chi connectivity index (χ1n) is 10.8. The van der Waals surface area contributed by atoms with Gasteiger partial charge in [-0.1, -0.05) is 30.7 Å². The summed E-state index contributed by atoms with van der Waals surface area (Å²) in [6.45, 7) is 9.86. The van der Waals surface area contributed by atoms with E-state index in [4.69, 9.17) is 21.3 Å². The number of aliphatic imine (C=N–C) groups is 1. The lowest BCUT2D eigenvalue weighted by Gasteiger charge is -2.37. The van der Waals surface area contributed by atoms with Gasteiger partial charge in [0.15, 0.2) is 0 Å². The van der Waals surface area contributed by atoms with E-state index in [0.29, 0.717) is 48.9 Å². The fourth-order valence-electron chi connectivity index (χ4n) is 3.69. The van der Waals surface area contributed by atoms with Crippen LogP contribution in [0.3, 0.4) is 0 Å². The third-order valence-electron chi connectivity index (χ3n) is 5.20. The Morgan fingerprint density at radius 3 is 2.38 bits per heavy atom. The number of amides is 1. The van der Waals surface area contributed by atoms with Crippen LogP contribution in [-0.2, 0) is 11.2 Å². The predicted molar refractivity (Wildman–Crippen MR) is 126 cm³/mol. The van der Waals surface area contributed by atoms with Crippen LogP contribution in [0.4, 0.5) is 9.18 Å². The zero-order valence-electron chi connectivity index (χ0n) is 19.3. The molecule has 1 saturated heterocycles. The SMILES string of the molecule is CCc1nc(-c2ccccc2F)c(Cl)cc1/C(=N\C)N1CCN(C(=O)OC(C)(C)C)CC1. The molecular formula is C24H30ClFN4O2. The van der Waals surface area contributed by atoms with Crippen molar-refractivity contribution in [1.29, 1.82) is 0 Å². The van der Waals surface area contributed by atoms with Gasteiger partial charge < -0.3 is 14.5 Å². The first-order valence-corrected chi connectivity index (χ1v) is 11.2. The third kappa shape index (κ3) is 5.38. The Hall–Kier alpha value is -2.67. The topological polar surface area (TPSA) is 58.0 Å². The highest BCUT2D eigenvalue weighted by atomic mass is 35.5. The Kier molecular flexibility index (Phi) is 7.39. The van der Waals surface area contributed by atoms with Crippen LogP contribution < -0.4 is 0 Å². The molecule has 0 spiro atoms. The molecule has 1 aliphatic heterocycles. The van der Waals surface area contributed by atoms with E-state index in [1.54, 1.807) is 30.1 Å². The molecule has 172 valence electrons. The minimum Gasteiger partial charge on any atom is -0.444 e. The van der Waals surface area contributed by atoms with Gasteiger partial charge in [0, 0.05) is 44.4 Å². The van der Waals surface area contributed by atoms with Gasteiger partial charge in [-0.25, -0.2) is 9.18 Å². The lowest BCUT2D eigenvalue weighted by molar-refractivity contribution is 0.0187. The molecule has 0 N–H and O–H groups in total. The monoisotopic (exact) mass is 460 g/mol. The Morgan fingerprint density at radius 2 is 1.81 bits per heavy atom. The van der Waals surface area contributed by atoms with E-state index >= 15 is 0 Å². The van der Waals surface area contributed by atoms with Crippen LogP contribution in [0.1, 0.15) is 39.0 Å². The molecule has 1 aliphatic rings. The lowest BCUT2D eigenvalue weighted by atomic mass is 10.0. The van der Waals surface area contributed by atoms with Gasteiger partial charge in [0.25, 0.3) is 0 Å². The number of pyridine rings is 1. The molecule has 0 aliphatic carbocycles. The predicted octanol–water partition coefficient (Wildman–Crippen LogP) is 5.03. The number of piperazine rings is 1. The van der Waals surface area contributed by atoms with Gasteiger partial charge in [-0.3, -0.25) is 9.98 Å². The Bertz CT molecular complexity index is 1010. The standard InChI is InChI=1S/C24H30ClFN4O2/c1-6-20-17(15-18(25)21(28-20)16-9-7-8-10-19(16)26)22(27-5)29-11-13-30(14-12-29)23(31)32-24(2,3)4/h7-10,15H,6,11-14H2,1-5H3/b27-22+. The largest absolute Gasteiger partial charge is 0.444 e. The molecular weight excluding hydrogens is 431 g/mol. The van der Waals surface area contributed by atoms with E-state index < -0.39 is 5.60 Å². The molecule has 0 unspecified atom stereocenters. The van der Waals surface area contributed by atoms with Crippen molar-refractivity contribution < 1.29 is 13.9 Å². The molecule has 2 heterocycles. The van der Waals surface area contributed by atoms with Crippen LogP contribution in [-0.4, -0.2) is 65.5 Å². The van der Waals surface area contributed by atoms with Crippen molar-refractivity contribution in [3.05, 3.63) is 52.4 Å². The molecule has 8 heteroatoms. The van der Waals surface area contributed by atoms with Gasteiger partial charge in [-0.15, -0.1) is 0 Å². The molecule has 1 aromatic carbocycles. The Morgan fingerprint density at radius 1 is 1.19 bits per heavy atom. The highest BCUT2D eigenvalue weighted by molar-refractivity contribution is 6.33. The summed E-state index contributed by atoms with van der Waals surface area (Å²) < 4.78 is 19.8. The first-order chi connectivity index (χ1) is 15.1. The molecule has 0 atom stereocenters. The second-order valence-corrected chi connectivity index (χ2v) is 9.06. The zero-order valence-corrected chi connectivity index (χ0v) is 20.0. The van der Waals surface area contributed by atoms with Crippen molar-refractivity contribution in [2.75, 3.05) is 33.2 Å². The molecule has 2 aromatic rings. The minimum atomic E-state index is -0.525. The summed E-state index contributed by atoms with van der Waals surface area (Å²) in [6, 6.07) is 8.29. The second-order valence-electron chi connectivity index (χ2n) is 8.65. The maximum absolute atomic E-state index is 14.3. The van der Waals surface area contributed by atoms with E-state index in [-0.39, 0.29) is 11.9 Å². The van der Waals surface area contributed by atoms with Crippen molar-refractivity contribution in [2.24, 2.45) is 4.99 Å². The van der Waals surface area contributed by atoms with Crippen LogP contribution in [0, 0.1) is 5.82 Å². The fourth-order valence-corrected chi connectivity index (χ4v) is 3.94. The number of rotatable bonds is 3. The van der Waals surface area contributed by atoms with Crippen molar-refractivity contribution in [1.82, 2.24) is 14.8 Å². The van der Waals surface area contributed by atoms with E-state index in [0.717, 1.165) is 17.1 Å². The molecule has 6 nitrogen and oxygen atoms in total. The molecule has 1 amide bonds. The number of aryl methyl sites for hydroxylation is 1. The summed E-state index contributed by atoms with van der Waals surface area (Å²) in [6.07, 6.45) is 0.338. The zero-order chi connectivity index (χ0) is 23.5. The highest BCUT2D eigenvalue weighted by Gasteiger charge is 2.28. The van der Waals surface area contributed by atoms with Crippen LogP contribution in [0.15, 0.2) is 35.3 Å². The number of halogens is 2. The average molecular weight is 461 g/mol. The Balaban J connectivity index is 1.83. The van der Waals surface area contributed by atoms with Crippen molar-refractivity contribution in [3.8, 4) is 11.3 Å². The smallest absolute Gasteiger partial charge is 0.410 e. The van der Waals surface area contributed by atoms with Gasteiger partial charge in [0.05, 0.1) is 16.4 Å². The van der Waals surface area contributed by atoms with E-state index in [9.17, 15) is 9.18 Å². The average Bonchev–Trinajstić information content (AvgIpc) is 2.74. The van der Waals surface area contributed by atoms with E-state index in [1.807, 2.05) is 33.8 Å². The second kappa shape index (κ2) is 9.86. The van der Waals surface area contributed by atoms with Crippen LogP contribution >= 0.6 is 11.6 Å². The Labute approximate surface area is 194 Å². The molecule has 1 aromatic heterocycles. The molecule has 0 bridgehead atoms. The number of ether oxygens (including phenoxy) is 1. The summed E-state index contributed by atoms with van der Waals surface area (Å²) in [4.78, 5) is 25.4. The van der Waals surface area contributed by atoms with E-state index in [1.165, 1.54) is 6.07 Å². The number of nitrogens with zero attached hydrogens (tertiary/aromatic N) is 4. The lowest BCUT2D eigenvalue weighted by Crippen LogP contribution is -2.52. The van der Waals surface area contributed by atoms with E-state index in [2.05, 4.69) is 9.89 Å². The van der Waals surface area contributed by atoms with Gasteiger partial charge in [0.2, 0.25) is 0 Å². The van der Waals surface area contributed by atoms with Crippen molar-refractivity contribution >= 4 is 23.5 Å². The number of hydrogen-bond donors (Lipinski definition) is 0. The molecule has 3 rings (SSSR count).